The molecule has 1 aliphatic heterocycles. The number of hydrogen-bond donors (Lipinski definition) is 1. The molecule has 0 radical (unpaired) electrons. The van der Waals surface area contributed by atoms with Crippen LogP contribution < -0.4 is 5.32 Å². The number of ketones is 1. The fourth-order valence-corrected chi connectivity index (χ4v) is 5.23. The first-order valence-electron chi connectivity index (χ1n) is 12.2. The number of thioether (sulfide) groups is 1. The van der Waals surface area contributed by atoms with Gasteiger partial charge in [0.1, 0.15) is 0 Å². The van der Waals surface area contributed by atoms with Crippen molar-refractivity contribution >= 4 is 35.1 Å². The number of anilines is 1. The molecule has 3 aromatic rings. The number of allylic oxidation sites excluding steroid dienone is 5. The van der Waals surface area contributed by atoms with Gasteiger partial charge < -0.3 is 5.32 Å². The van der Waals surface area contributed by atoms with E-state index in [-0.39, 0.29) is 11.2 Å². The molecule has 0 bridgehead atoms. The number of aliphatic imine (C=N–C) groups is 1. The topological polar surface area (TPSA) is 41.5 Å². The molecule has 3 nitrogen and oxygen atoms in total. The number of Topliss-reactive ketones (excluding diaryl/α,β-unsaturated/α-hetero) is 1. The van der Waals surface area contributed by atoms with Gasteiger partial charge in [-0.1, -0.05) is 74.5 Å². The van der Waals surface area contributed by atoms with Gasteiger partial charge in [0, 0.05) is 28.6 Å². The highest BCUT2D eigenvalue weighted by Crippen LogP contribution is 2.38. The molecule has 1 aliphatic carbocycles. The molecule has 0 saturated heterocycles. The Morgan fingerprint density at radius 1 is 0.889 bits per heavy atom. The molecule has 0 aromatic heterocycles. The van der Waals surface area contributed by atoms with Crippen LogP contribution in [0.4, 0.5) is 11.4 Å². The smallest absolute Gasteiger partial charge is 0.174 e. The number of rotatable bonds is 5. The van der Waals surface area contributed by atoms with Gasteiger partial charge in [0.15, 0.2) is 5.78 Å². The maximum Gasteiger partial charge on any atom is 0.174 e. The van der Waals surface area contributed by atoms with Crippen molar-refractivity contribution in [2.45, 2.75) is 31.6 Å². The Hall–Kier alpha value is -3.63. The van der Waals surface area contributed by atoms with Crippen LogP contribution in [0.5, 0.6) is 0 Å². The minimum Gasteiger partial charge on any atom is -0.362 e. The monoisotopic (exact) mass is 492 g/mol. The lowest BCUT2D eigenvalue weighted by Gasteiger charge is -2.30. The van der Waals surface area contributed by atoms with Crippen molar-refractivity contribution in [3.63, 3.8) is 0 Å². The van der Waals surface area contributed by atoms with Crippen molar-refractivity contribution in [3.8, 4) is 0 Å². The van der Waals surface area contributed by atoms with Crippen LogP contribution in [-0.2, 0) is 0 Å². The van der Waals surface area contributed by atoms with Crippen molar-refractivity contribution in [1.29, 1.82) is 0 Å². The molecule has 182 valence electrons. The van der Waals surface area contributed by atoms with Gasteiger partial charge in [-0.05, 0) is 71.9 Å². The normalized spacial score (nSPS) is 17.6. The third kappa shape index (κ3) is 7.69. The zero-order chi connectivity index (χ0) is 25.2. The van der Waals surface area contributed by atoms with E-state index < -0.39 is 0 Å². The van der Waals surface area contributed by atoms with Crippen LogP contribution in [0, 0.1) is 5.41 Å². The average molecular weight is 493 g/mol. The summed E-state index contributed by atoms with van der Waals surface area (Å²) in [6, 6.07) is 28.0. The second-order valence-electron chi connectivity index (χ2n) is 9.64. The maximum atomic E-state index is 11.0. The van der Waals surface area contributed by atoms with E-state index in [0.717, 1.165) is 34.7 Å². The summed E-state index contributed by atoms with van der Waals surface area (Å²) in [4.78, 5) is 16.7. The summed E-state index contributed by atoms with van der Waals surface area (Å²) in [6.45, 7) is 4.64. The van der Waals surface area contributed by atoms with Crippen LogP contribution in [0.2, 0.25) is 0 Å². The standard InChI is InChI=1S/C24H26N2.C8H6OS/c1-24(2)18-20(13-15-25-22-9-5-3-6-10-22)17-21(19-24)14-16-26-23-11-7-4-8-12-23;9-7-5-10-8-4-2-1-3-6(7)8/h3-17,25H,18-19H2,1-2H3;1-4H,5H2/b15-13+,21-14-,26-16?;. The zero-order valence-electron chi connectivity index (χ0n) is 20.9. The van der Waals surface area contributed by atoms with Crippen LogP contribution in [0.25, 0.3) is 0 Å². The SMILES string of the molecule is CC1(C)CC(/C=C/Nc2ccccc2)=CC(=C/C=Nc2ccccc2)/C1.O=C1CSc2ccccc21. The van der Waals surface area contributed by atoms with E-state index in [1.54, 1.807) is 11.8 Å². The predicted molar refractivity (Wildman–Crippen MR) is 154 cm³/mol. The molecule has 0 fully saturated rings. The molecular weight excluding hydrogens is 460 g/mol. The molecule has 5 rings (SSSR count). The minimum atomic E-state index is 0.258. The van der Waals surface area contributed by atoms with Crippen LogP contribution in [0.15, 0.2) is 130 Å². The highest BCUT2D eigenvalue weighted by molar-refractivity contribution is 8.00. The summed E-state index contributed by atoms with van der Waals surface area (Å²) in [5, 5.41) is 3.33. The average Bonchev–Trinajstić information content (AvgIpc) is 3.26. The summed E-state index contributed by atoms with van der Waals surface area (Å²) >= 11 is 1.63. The molecule has 0 unspecified atom stereocenters. The van der Waals surface area contributed by atoms with Crippen LogP contribution in [-0.4, -0.2) is 17.8 Å². The lowest BCUT2D eigenvalue weighted by atomic mass is 9.75. The van der Waals surface area contributed by atoms with E-state index in [0.29, 0.717) is 5.75 Å². The quantitative estimate of drug-likeness (QED) is 0.362. The first-order valence-corrected chi connectivity index (χ1v) is 13.2. The van der Waals surface area contributed by atoms with Gasteiger partial charge in [0.05, 0.1) is 11.4 Å². The predicted octanol–water partition coefficient (Wildman–Crippen LogP) is 8.66. The van der Waals surface area contributed by atoms with E-state index in [2.05, 4.69) is 54.5 Å². The molecule has 0 spiro atoms. The highest BCUT2D eigenvalue weighted by Gasteiger charge is 2.24. The van der Waals surface area contributed by atoms with Crippen molar-refractivity contribution in [2.24, 2.45) is 10.4 Å². The van der Waals surface area contributed by atoms with E-state index in [1.807, 2.05) is 85.2 Å². The van der Waals surface area contributed by atoms with Gasteiger partial charge in [0.25, 0.3) is 0 Å². The number of fused-ring (bicyclic) bond motifs is 1. The number of hydrogen-bond acceptors (Lipinski definition) is 4. The van der Waals surface area contributed by atoms with Crippen molar-refractivity contribution in [3.05, 3.63) is 126 Å². The van der Waals surface area contributed by atoms with Gasteiger partial charge in [0.2, 0.25) is 0 Å². The molecule has 2 aliphatic rings. The lowest BCUT2D eigenvalue weighted by molar-refractivity contribution is 0.102. The maximum absolute atomic E-state index is 11.0. The molecule has 0 amide bonds. The van der Waals surface area contributed by atoms with Crippen LogP contribution >= 0.6 is 11.8 Å². The highest BCUT2D eigenvalue weighted by atomic mass is 32.2. The Labute approximate surface area is 218 Å². The summed E-state index contributed by atoms with van der Waals surface area (Å²) in [6.07, 6.45) is 12.7. The number of carbonyl (C=O) groups is 1. The second-order valence-corrected chi connectivity index (χ2v) is 10.7. The first kappa shape index (κ1) is 25.5. The summed E-state index contributed by atoms with van der Waals surface area (Å²) in [5.41, 5.74) is 5.89. The number of carbonyl (C=O) groups excluding carboxylic acids is 1. The summed E-state index contributed by atoms with van der Waals surface area (Å²) < 4.78 is 0. The van der Waals surface area contributed by atoms with Crippen molar-refractivity contribution in [2.75, 3.05) is 11.1 Å². The Kier molecular flexibility index (Phi) is 8.75. The van der Waals surface area contributed by atoms with Gasteiger partial charge in [-0.2, -0.15) is 0 Å². The lowest BCUT2D eigenvalue weighted by Crippen LogP contribution is -2.16. The molecule has 1 N–H and O–H groups in total. The number of nitrogens with zero attached hydrogens (tertiary/aromatic N) is 1. The number of para-hydroxylation sites is 2. The Morgan fingerprint density at radius 2 is 1.58 bits per heavy atom. The molecule has 3 aromatic carbocycles. The fourth-order valence-electron chi connectivity index (χ4n) is 4.28. The summed E-state index contributed by atoms with van der Waals surface area (Å²) in [5.74, 6) is 0.889. The number of nitrogens with one attached hydrogen (secondary N) is 1. The molecule has 4 heteroatoms. The van der Waals surface area contributed by atoms with Crippen LogP contribution in [0.1, 0.15) is 37.0 Å². The van der Waals surface area contributed by atoms with E-state index >= 15 is 0 Å². The molecule has 0 saturated carbocycles. The zero-order valence-corrected chi connectivity index (χ0v) is 21.7. The van der Waals surface area contributed by atoms with Gasteiger partial charge in [-0.15, -0.1) is 11.8 Å². The summed E-state index contributed by atoms with van der Waals surface area (Å²) in [7, 11) is 0. The van der Waals surface area contributed by atoms with E-state index in [9.17, 15) is 4.79 Å². The third-order valence-corrected chi connectivity index (χ3v) is 6.95. The van der Waals surface area contributed by atoms with Gasteiger partial charge in [-0.3, -0.25) is 9.79 Å². The van der Waals surface area contributed by atoms with Crippen molar-refractivity contribution < 1.29 is 4.79 Å². The fraction of sp³-hybridized carbons (Fsp3) is 0.188. The molecule has 1 heterocycles. The molecular formula is C32H32N2OS. The molecule has 36 heavy (non-hydrogen) atoms. The van der Waals surface area contributed by atoms with Gasteiger partial charge in [-0.25, -0.2) is 0 Å². The van der Waals surface area contributed by atoms with Crippen LogP contribution in [0.3, 0.4) is 0 Å². The minimum absolute atomic E-state index is 0.258. The van der Waals surface area contributed by atoms with E-state index in [4.69, 9.17) is 0 Å². The second kappa shape index (κ2) is 12.4. The largest absolute Gasteiger partial charge is 0.362 e. The number of benzene rings is 3. The molecule has 0 atom stereocenters. The Balaban J connectivity index is 0.000000251. The third-order valence-electron chi connectivity index (χ3n) is 5.87. The first-order chi connectivity index (χ1) is 17.5. The van der Waals surface area contributed by atoms with Gasteiger partial charge >= 0.3 is 0 Å². The Bertz CT molecular complexity index is 1290. The van der Waals surface area contributed by atoms with Crippen molar-refractivity contribution in [1.82, 2.24) is 0 Å². The van der Waals surface area contributed by atoms with E-state index in [1.165, 1.54) is 11.1 Å². The Morgan fingerprint density at radius 3 is 2.33 bits per heavy atom.